The Morgan fingerprint density at radius 1 is 1.39 bits per heavy atom. The first-order chi connectivity index (χ1) is 8.43. The highest BCUT2D eigenvalue weighted by Crippen LogP contribution is 2.19. The Bertz CT molecular complexity index is 445. The van der Waals surface area contributed by atoms with Crippen LogP contribution in [0.15, 0.2) is 22.7 Å². The zero-order valence-corrected chi connectivity index (χ0v) is 12.5. The summed E-state index contributed by atoms with van der Waals surface area (Å²) in [7, 11) is 1.68. The largest absolute Gasteiger partial charge is 0.345 e. The lowest BCUT2D eigenvalue weighted by Crippen LogP contribution is -2.37. The van der Waals surface area contributed by atoms with Gasteiger partial charge in [-0.05, 0) is 25.1 Å². The lowest BCUT2D eigenvalue weighted by molar-refractivity contribution is -0.128. The molecular formula is C12H14BrClN2O2. The van der Waals surface area contributed by atoms with E-state index < -0.39 is 0 Å². The van der Waals surface area contributed by atoms with Crippen LogP contribution in [-0.2, 0) is 4.79 Å². The molecule has 4 nitrogen and oxygen atoms in total. The summed E-state index contributed by atoms with van der Waals surface area (Å²) in [6.45, 7) is 2.46. The van der Waals surface area contributed by atoms with Crippen molar-refractivity contribution in [3.63, 3.8) is 0 Å². The third kappa shape index (κ3) is 4.31. The van der Waals surface area contributed by atoms with E-state index >= 15 is 0 Å². The number of amides is 2. The molecular weight excluding hydrogens is 320 g/mol. The second kappa shape index (κ2) is 6.75. The second-order valence-electron chi connectivity index (χ2n) is 3.75. The number of nitrogens with zero attached hydrogens (tertiary/aromatic N) is 1. The highest BCUT2D eigenvalue weighted by Gasteiger charge is 2.11. The number of carbonyl (C=O) groups excluding carboxylic acids is 2. The Balaban J connectivity index is 2.63. The van der Waals surface area contributed by atoms with Crippen LogP contribution in [0, 0.1) is 0 Å². The van der Waals surface area contributed by atoms with Crippen molar-refractivity contribution in [2.24, 2.45) is 0 Å². The average Bonchev–Trinajstić information content (AvgIpc) is 2.33. The molecule has 98 valence electrons. The first-order valence-corrected chi connectivity index (χ1v) is 6.59. The monoisotopic (exact) mass is 332 g/mol. The zero-order chi connectivity index (χ0) is 13.7. The SMILES string of the molecule is CCN(C)C(=O)CNC(=O)c1cc(Cl)cc(Br)c1. The minimum absolute atomic E-state index is 0.0205. The molecule has 18 heavy (non-hydrogen) atoms. The van der Waals surface area contributed by atoms with Crippen LogP contribution >= 0.6 is 27.5 Å². The van der Waals surface area contributed by atoms with E-state index in [4.69, 9.17) is 11.6 Å². The van der Waals surface area contributed by atoms with Crippen molar-refractivity contribution in [1.29, 1.82) is 0 Å². The summed E-state index contributed by atoms with van der Waals surface area (Å²) in [5.41, 5.74) is 0.418. The topological polar surface area (TPSA) is 49.4 Å². The van der Waals surface area contributed by atoms with Gasteiger partial charge in [0.15, 0.2) is 0 Å². The number of carbonyl (C=O) groups is 2. The smallest absolute Gasteiger partial charge is 0.251 e. The van der Waals surface area contributed by atoms with Crippen LogP contribution in [0.3, 0.4) is 0 Å². The molecule has 0 unspecified atom stereocenters. The van der Waals surface area contributed by atoms with Gasteiger partial charge in [0.25, 0.3) is 5.91 Å². The highest BCUT2D eigenvalue weighted by molar-refractivity contribution is 9.10. The Morgan fingerprint density at radius 2 is 2.06 bits per heavy atom. The van der Waals surface area contributed by atoms with Crippen molar-refractivity contribution in [2.45, 2.75) is 6.92 Å². The van der Waals surface area contributed by atoms with E-state index in [-0.39, 0.29) is 18.4 Å². The molecule has 0 aliphatic carbocycles. The second-order valence-corrected chi connectivity index (χ2v) is 5.10. The first-order valence-electron chi connectivity index (χ1n) is 5.42. The van der Waals surface area contributed by atoms with E-state index in [0.29, 0.717) is 17.1 Å². The third-order valence-electron chi connectivity index (χ3n) is 2.43. The Labute approximate surface area is 119 Å². The van der Waals surface area contributed by atoms with Crippen LogP contribution in [0.25, 0.3) is 0 Å². The fourth-order valence-electron chi connectivity index (χ4n) is 1.25. The van der Waals surface area contributed by atoms with E-state index in [9.17, 15) is 9.59 Å². The Morgan fingerprint density at radius 3 is 2.61 bits per heavy atom. The van der Waals surface area contributed by atoms with Gasteiger partial charge in [0.2, 0.25) is 5.91 Å². The van der Waals surface area contributed by atoms with Gasteiger partial charge in [0.05, 0.1) is 6.54 Å². The van der Waals surface area contributed by atoms with Gasteiger partial charge >= 0.3 is 0 Å². The minimum Gasteiger partial charge on any atom is -0.345 e. The molecule has 0 heterocycles. The summed E-state index contributed by atoms with van der Waals surface area (Å²) in [5.74, 6) is -0.456. The molecule has 1 aromatic carbocycles. The molecule has 0 saturated carbocycles. The van der Waals surface area contributed by atoms with E-state index in [2.05, 4.69) is 21.2 Å². The molecule has 0 fully saturated rings. The maximum atomic E-state index is 11.8. The molecule has 6 heteroatoms. The molecule has 0 aromatic heterocycles. The van der Waals surface area contributed by atoms with E-state index in [1.807, 2.05) is 6.92 Å². The lowest BCUT2D eigenvalue weighted by Gasteiger charge is -2.14. The molecule has 2 amide bonds. The van der Waals surface area contributed by atoms with E-state index in [1.165, 1.54) is 4.90 Å². The number of halogens is 2. The van der Waals surface area contributed by atoms with Crippen LogP contribution < -0.4 is 5.32 Å². The summed E-state index contributed by atoms with van der Waals surface area (Å²) in [5, 5.41) is 3.02. The van der Waals surface area contributed by atoms with E-state index in [1.54, 1.807) is 25.2 Å². The van der Waals surface area contributed by atoms with Crippen LogP contribution in [0.5, 0.6) is 0 Å². The van der Waals surface area contributed by atoms with Gasteiger partial charge in [0.1, 0.15) is 0 Å². The lowest BCUT2D eigenvalue weighted by atomic mass is 10.2. The van der Waals surface area contributed by atoms with Crippen LogP contribution in [-0.4, -0.2) is 36.9 Å². The van der Waals surface area contributed by atoms with Gasteiger partial charge in [-0.1, -0.05) is 27.5 Å². The average molecular weight is 334 g/mol. The van der Waals surface area contributed by atoms with Crippen molar-refractivity contribution in [3.8, 4) is 0 Å². The van der Waals surface area contributed by atoms with Gasteiger partial charge in [-0.15, -0.1) is 0 Å². The van der Waals surface area contributed by atoms with Crippen molar-refractivity contribution >= 4 is 39.3 Å². The molecule has 1 rings (SSSR count). The Kier molecular flexibility index (Phi) is 5.62. The van der Waals surface area contributed by atoms with Crippen molar-refractivity contribution in [1.82, 2.24) is 10.2 Å². The van der Waals surface area contributed by atoms with Crippen molar-refractivity contribution < 1.29 is 9.59 Å². The summed E-state index contributed by atoms with van der Waals surface area (Å²) in [6, 6.07) is 4.89. The summed E-state index contributed by atoms with van der Waals surface area (Å²) in [6.07, 6.45) is 0. The highest BCUT2D eigenvalue weighted by atomic mass is 79.9. The van der Waals surface area contributed by atoms with Gasteiger partial charge < -0.3 is 10.2 Å². The number of hydrogen-bond donors (Lipinski definition) is 1. The number of benzene rings is 1. The molecule has 0 aliphatic heterocycles. The van der Waals surface area contributed by atoms with Gasteiger partial charge in [0, 0.05) is 28.7 Å². The predicted octanol–water partition coefficient (Wildman–Crippen LogP) is 2.31. The standard InChI is InChI=1S/C12H14BrClN2O2/c1-3-16(2)11(17)7-15-12(18)8-4-9(13)6-10(14)5-8/h4-6H,3,7H2,1-2H3,(H,15,18). The first kappa shape index (κ1) is 15.0. The molecule has 0 atom stereocenters. The van der Waals surface area contributed by atoms with Crippen LogP contribution in [0.1, 0.15) is 17.3 Å². The summed E-state index contributed by atoms with van der Waals surface area (Å²) in [4.78, 5) is 24.9. The van der Waals surface area contributed by atoms with Crippen molar-refractivity contribution in [3.05, 3.63) is 33.3 Å². The van der Waals surface area contributed by atoms with Crippen LogP contribution in [0.4, 0.5) is 0 Å². The molecule has 1 N–H and O–H groups in total. The fourth-order valence-corrected chi connectivity index (χ4v) is 2.11. The summed E-state index contributed by atoms with van der Waals surface area (Å²) < 4.78 is 0.720. The number of nitrogens with one attached hydrogen (secondary N) is 1. The number of likely N-dealkylation sites (N-methyl/N-ethyl adjacent to an activating group) is 1. The zero-order valence-electron chi connectivity index (χ0n) is 10.2. The predicted molar refractivity (Wildman–Crippen MR) is 74.8 cm³/mol. The fraction of sp³-hybridized carbons (Fsp3) is 0.333. The number of rotatable bonds is 4. The van der Waals surface area contributed by atoms with E-state index in [0.717, 1.165) is 4.47 Å². The number of hydrogen-bond acceptors (Lipinski definition) is 2. The third-order valence-corrected chi connectivity index (χ3v) is 3.10. The molecule has 0 bridgehead atoms. The maximum absolute atomic E-state index is 11.8. The quantitative estimate of drug-likeness (QED) is 0.919. The van der Waals surface area contributed by atoms with Gasteiger partial charge in [-0.3, -0.25) is 9.59 Å². The normalized spacial score (nSPS) is 10.0. The van der Waals surface area contributed by atoms with Gasteiger partial charge in [-0.25, -0.2) is 0 Å². The Hall–Kier alpha value is -1.07. The maximum Gasteiger partial charge on any atom is 0.251 e. The minimum atomic E-state index is -0.323. The molecule has 0 aliphatic rings. The molecule has 0 spiro atoms. The van der Waals surface area contributed by atoms with Crippen LogP contribution in [0.2, 0.25) is 5.02 Å². The van der Waals surface area contributed by atoms with Gasteiger partial charge in [-0.2, -0.15) is 0 Å². The summed E-state index contributed by atoms with van der Waals surface area (Å²) >= 11 is 9.10. The molecule has 1 aromatic rings. The molecule has 0 radical (unpaired) electrons. The van der Waals surface area contributed by atoms with Crippen molar-refractivity contribution in [2.75, 3.05) is 20.1 Å². The molecule has 0 saturated heterocycles.